The van der Waals surface area contributed by atoms with Crippen LogP contribution in [0.5, 0.6) is 5.75 Å². The fourth-order valence-corrected chi connectivity index (χ4v) is 3.48. The van der Waals surface area contributed by atoms with Gasteiger partial charge in [0.05, 0.1) is 0 Å². The van der Waals surface area contributed by atoms with Crippen LogP contribution in [0.3, 0.4) is 0 Å². The summed E-state index contributed by atoms with van der Waals surface area (Å²) in [5.41, 5.74) is 4.21. The van der Waals surface area contributed by atoms with Crippen molar-refractivity contribution in [2.75, 3.05) is 6.54 Å². The molecule has 0 saturated heterocycles. The summed E-state index contributed by atoms with van der Waals surface area (Å²) in [6.45, 7) is 3.15. The highest BCUT2D eigenvalue weighted by atomic mass is 16.3. The number of hydrogen-bond acceptors (Lipinski definition) is 2. The molecule has 0 fully saturated rings. The normalized spacial score (nSPS) is 15.9. The van der Waals surface area contributed by atoms with E-state index in [1.807, 2.05) is 12.1 Å². The van der Waals surface area contributed by atoms with Crippen LogP contribution in [0.1, 0.15) is 23.6 Å². The van der Waals surface area contributed by atoms with Crippen molar-refractivity contribution in [3.8, 4) is 5.75 Å². The van der Waals surface area contributed by atoms with Gasteiger partial charge in [-0.3, -0.25) is 0 Å². The minimum atomic E-state index is 0.359. The van der Waals surface area contributed by atoms with Crippen LogP contribution in [0.15, 0.2) is 48.5 Å². The van der Waals surface area contributed by atoms with Crippen LogP contribution in [0, 0.1) is 5.92 Å². The largest absolute Gasteiger partial charge is 0.508 e. The number of benzene rings is 2. The van der Waals surface area contributed by atoms with E-state index in [0.29, 0.717) is 17.7 Å². The molecule has 2 aromatic rings. The van der Waals surface area contributed by atoms with E-state index < -0.39 is 0 Å². The second kappa shape index (κ2) is 6.31. The maximum absolute atomic E-state index is 9.64. The molecule has 2 heteroatoms. The Hall–Kier alpha value is -1.80. The van der Waals surface area contributed by atoms with Crippen molar-refractivity contribution in [3.63, 3.8) is 0 Å². The van der Waals surface area contributed by atoms with Crippen LogP contribution < -0.4 is 5.32 Å². The Bertz CT molecular complexity index is 583. The molecule has 1 unspecified atom stereocenters. The zero-order valence-electron chi connectivity index (χ0n) is 12.5. The number of likely N-dealkylation sites (N-methyl/N-ethyl adjacent to an activating group) is 1. The van der Waals surface area contributed by atoms with E-state index in [4.69, 9.17) is 0 Å². The molecule has 0 radical (unpaired) electrons. The average Bonchev–Trinajstić information content (AvgIpc) is 2.91. The molecule has 2 aromatic carbocycles. The zero-order valence-corrected chi connectivity index (χ0v) is 12.5. The van der Waals surface area contributed by atoms with Gasteiger partial charge < -0.3 is 10.4 Å². The summed E-state index contributed by atoms with van der Waals surface area (Å²) >= 11 is 0. The summed E-state index contributed by atoms with van der Waals surface area (Å²) in [6.07, 6.45) is 3.29. The van der Waals surface area contributed by atoms with E-state index in [2.05, 4.69) is 42.6 Å². The minimum Gasteiger partial charge on any atom is -0.508 e. The molecule has 0 heterocycles. The molecular weight excluding hydrogens is 258 g/mol. The molecule has 0 aromatic heterocycles. The monoisotopic (exact) mass is 281 g/mol. The molecule has 21 heavy (non-hydrogen) atoms. The minimum absolute atomic E-state index is 0.359. The second-order valence-electron chi connectivity index (χ2n) is 5.98. The van der Waals surface area contributed by atoms with Crippen LogP contribution in [0.25, 0.3) is 0 Å². The van der Waals surface area contributed by atoms with Gasteiger partial charge in [-0.25, -0.2) is 0 Å². The molecule has 1 aliphatic carbocycles. The Balaban J connectivity index is 1.74. The first-order valence-corrected chi connectivity index (χ1v) is 7.84. The van der Waals surface area contributed by atoms with E-state index in [9.17, 15) is 5.11 Å². The first-order valence-electron chi connectivity index (χ1n) is 7.84. The lowest BCUT2D eigenvalue weighted by Crippen LogP contribution is -2.38. The van der Waals surface area contributed by atoms with Crippen LogP contribution in [0.4, 0.5) is 0 Å². The summed E-state index contributed by atoms with van der Waals surface area (Å²) < 4.78 is 0. The molecule has 0 saturated carbocycles. The van der Waals surface area contributed by atoms with Gasteiger partial charge in [-0.1, -0.05) is 43.3 Å². The fourth-order valence-electron chi connectivity index (χ4n) is 3.48. The van der Waals surface area contributed by atoms with Gasteiger partial charge in [-0.15, -0.1) is 0 Å². The van der Waals surface area contributed by atoms with Gasteiger partial charge in [0.25, 0.3) is 0 Å². The highest BCUT2D eigenvalue weighted by molar-refractivity contribution is 5.33. The number of fused-ring (bicyclic) bond motifs is 1. The van der Waals surface area contributed by atoms with Crippen molar-refractivity contribution < 1.29 is 5.11 Å². The molecule has 1 aliphatic rings. The van der Waals surface area contributed by atoms with Gasteiger partial charge in [0.2, 0.25) is 0 Å². The van der Waals surface area contributed by atoms with E-state index in [0.717, 1.165) is 25.8 Å². The molecule has 1 atom stereocenters. The van der Waals surface area contributed by atoms with Gasteiger partial charge >= 0.3 is 0 Å². The predicted octanol–water partition coefficient (Wildman–Crippen LogP) is 3.33. The Labute approximate surface area is 126 Å². The summed E-state index contributed by atoms with van der Waals surface area (Å²) in [7, 11) is 0. The number of hydrogen-bond donors (Lipinski definition) is 2. The Morgan fingerprint density at radius 3 is 2.43 bits per heavy atom. The number of phenolic OH excluding ortho intramolecular Hbond substituents is 1. The predicted molar refractivity (Wildman–Crippen MR) is 86.6 cm³/mol. The molecule has 110 valence electrons. The molecule has 0 spiro atoms. The molecule has 2 nitrogen and oxygen atoms in total. The summed E-state index contributed by atoms with van der Waals surface area (Å²) in [4.78, 5) is 0. The Morgan fingerprint density at radius 2 is 1.81 bits per heavy atom. The molecule has 0 amide bonds. The molecule has 0 bridgehead atoms. The summed E-state index contributed by atoms with van der Waals surface area (Å²) in [5.74, 6) is 1.00. The number of rotatable bonds is 5. The van der Waals surface area contributed by atoms with Gasteiger partial charge in [0.1, 0.15) is 5.75 Å². The van der Waals surface area contributed by atoms with Crippen molar-refractivity contribution in [1.82, 2.24) is 5.32 Å². The molecule has 0 aliphatic heterocycles. The lowest BCUT2D eigenvalue weighted by Gasteiger charge is -2.24. The highest BCUT2D eigenvalue weighted by Crippen LogP contribution is 2.30. The Morgan fingerprint density at radius 1 is 1.10 bits per heavy atom. The second-order valence-corrected chi connectivity index (χ2v) is 5.98. The van der Waals surface area contributed by atoms with Crippen molar-refractivity contribution in [1.29, 1.82) is 0 Å². The van der Waals surface area contributed by atoms with E-state index in [1.165, 1.54) is 16.7 Å². The van der Waals surface area contributed by atoms with Gasteiger partial charge in [0, 0.05) is 6.04 Å². The third-order valence-electron chi connectivity index (χ3n) is 4.48. The summed E-state index contributed by atoms with van der Waals surface area (Å²) in [6, 6.07) is 16.9. The van der Waals surface area contributed by atoms with E-state index in [-0.39, 0.29) is 0 Å². The van der Waals surface area contributed by atoms with Crippen molar-refractivity contribution in [2.45, 2.75) is 32.2 Å². The summed E-state index contributed by atoms with van der Waals surface area (Å²) in [5, 5.41) is 13.3. The van der Waals surface area contributed by atoms with Crippen LogP contribution in [-0.2, 0) is 19.3 Å². The van der Waals surface area contributed by atoms with Crippen molar-refractivity contribution >= 4 is 0 Å². The fraction of sp³-hybridized carbons (Fsp3) is 0.368. The SMILES string of the molecule is CCNC(Cc1cccc(O)c1)C1Cc2ccccc2C1. The van der Waals surface area contributed by atoms with Gasteiger partial charge in [-0.05, 0) is 60.5 Å². The lowest BCUT2D eigenvalue weighted by molar-refractivity contribution is 0.367. The maximum atomic E-state index is 9.64. The quantitative estimate of drug-likeness (QED) is 0.881. The smallest absolute Gasteiger partial charge is 0.115 e. The van der Waals surface area contributed by atoms with Crippen LogP contribution >= 0.6 is 0 Å². The standard InChI is InChI=1S/C19H23NO/c1-2-20-19(11-14-6-5-9-18(21)10-14)17-12-15-7-3-4-8-16(15)13-17/h3-10,17,19-21H,2,11-13H2,1H3. The third kappa shape index (κ3) is 3.27. The molecule has 3 rings (SSSR count). The van der Waals surface area contributed by atoms with Gasteiger partial charge in [0.15, 0.2) is 0 Å². The topological polar surface area (TPSA) is 32.3 Å². The van der Waals surface area contributed by atoms with Crippen molar-refractivity contribution in [3.05, 3.63) is 65.2 Å². The van der Waals surface area contributed by atoms with Crippen LogP contribution in [0.2, 0.25) is 0 Å². The van der Waals surface area contributed by atoms with Crippen molar-refractivity contribution in [2.24, 2.45) is 5.92 Å². The maximum Gasteiger partial charge on any atom is 0.115 e. The molecular formula is C19H23NO. The highest BCUT2D eigenvalue weighted by Gasteiger charge is 2.28. The zero-order chi connectivity index (χ0) is 14.7. The average molecular weight is 281 g/mol. The first-order chi connectivity index (χ1) is 10.3. The third-order valence-corrected chi connectivity index (χ3v) is 4.48. The molecule has 2 N–H and O–H groups in total. The lowest BCUT2D eigenvalue weighted by atomic mass is 9.91. The van der Waals surface area contributed by atoms with Gasteiger partial charge in [-0.2, -0.15) is 0 Å². The first kappa shape index (κ1) is 14.2. The van der Waals surface area contributed by atoms with E-state index in [1.54, 1.807) is 6.07 Å². The number of nitrogens with one attached hydrogen (secondary N) is 1. The Kier molecular flexibility index (Phi) is 4.26. The van der Waals surface area contributed by atoms with Crippen LogP contribution in [-0.4, -0.2) is 17.7 Å². The number of aromatic hydroxyl groups is 1. The number of phenols is 1. The van der Waals surface area contributed by atoms with E-state index >= 15 is 0 Å².